The van der Waals surface area contributed by atoms with Gasteiger partial charge in [0.15, 0.2) is 0 Å². The molecule has 0 N–H and O–H groups in total. The highest BCUT2D eigenvalue weighted by molar-refractivity contribution is 5.16. The standard InChI is InChI=1S/C9H11N3/c1-9(5-3-2-4-6-9)12-10-7-8-11-12/h2-5,7-8H,6H2,1H3. The summed E-state index contributed by atoms with van der Waals surface area (Å²) in [6.45, 7) is 2.12. The van der Waals surface area contributed by atoms with Crippen molar-refractivity contribution in [2.45, 2.75) is 18.9 Å². The van der Waals surface area contributed by atoms with E-state index in [1.165, 1.54) is 0 Å². The summed E-state index contributed by atoms with van der Waals surface area (Å²) in [6, 6.07) is 0. The Hall–Kier alpha value is -1.38. The van der Waals surface area contributed by atoms with Crippen molar-refractivity contribution in [3.63, 3.8) is 0 Å². The number of nitrogens with zero attached hydrogens (tertiary/aromatic N) is 3. The van der Waals surface area contributed by atoms with Gasteiger partial charge in [-0.05, 0) is 13.3 Å². The summed E-state index contributed by atoms with van der Waals surface area (Å²) >= 11 is 0. The van der Waals surface area contributed by atoms with Crippen LogP contribution in [0.15, 0.2) is 36.7 Å². The average molecular weight is 161 g/mol. The van der Waals surface area contributed by atoms with E-state index in [-0.39, 0.29) is 5.54 Å². The Morgan fingerprint density at radius 2 is 2.00 bits per heavy atom. The van der Waals surface area contributed by atoms with Gasteiger partial charge in [0.05, 0.1) is 12.4 Å². The summed E-state index contributed by atoms with van der Waals surface area (Å²) in [5, 5.41) is 8.26. The van der Waals surface area contributed by atoms with Crippen molar-refractivity contribution in [1.29, 1.82) is 0 Å². The Kier molecular flexibility index (Phi) is 1.57. The summed E-state index contributed by atoms with van der Waals surface area (Å²) in [7, 11) is 0. The van der Waals surface area contributed by atoms with Gasteiger partial charge in [0, 0.05) is 0 Å². The van der Waals surface area contributed by atoms with Crippen molar-refractivity contribution < 1.29 is 0 Å². The topological polar surface area (TPSA) is 30.7 Å². The second kappa shape index (κ2) is 2.59. The van der Waals surface area contributed by atoms with Crippen molar-refractivity contribution in [2.75, 3.05) is 0 Å². The zero-order chi connectivity index (χ0) is 8.44. The molecule has 1 unspecified atom stereocenters. The van der Waals surface area contributed by atoms with Gasteiger partial charge in [-0.15, -0.1) is 0 Å². The molecule has 0 saturated carbocycles. The van der Waals surface area contributed by atoms with E-state index in [4.69, 9.17) is 0 Å². The molecule has 3 nitrogen and oxygen atoms in total. The van der Waals surface area contributed by atoms with Gasteiger partial charge >= 0.3 is 0 Å². The summed E-state index contributed by atoms with van der Waals surface area (Å²) in [5.41, 5.74) is -0.0712. The Morgan fingerprint density at radius 3 is 2.58 bits per heavy atom. The molecule has 0 spiro atoms. The summed E-state index contributed by atoms with van der Waals surface area (Å²) in [5.74, 6) is 0. The van der Waals surface area contributed by atoms with Gasteiger partial charge in [-0.2, -0.15) is 15.0 Å². The molecule has 0 saturated heterocycles. The monoisotopic (exact) mass is 161 g/mol. The smallest absolute Gasteiger partial charge is 0.101 e. The minimum atomic E-state index is -0.0712. The molecule has 1 aromatic heterocycles. The van der Waals surface area contributed by atoms with Crippen molar-refractivity contribution >= 4 is 0 Å². The molecule has 1 aromatic rings. The molecular formula is C9H11N3. The van der Waals surface area contributed by atoms with Gasteiger partial charge < -0.3 is 0 Å². The second-order valence-electron chi connectivity index (χ2n) is 3.17. The molecule has 62 valence electrons. The van der Waals surface area contributed by atoms with Crippen LogP contribution in [0, 0.1) is 0 Å². The lowest BCUT2D eigenvalue weighted by atomic mass is 9.94. The first-order chi connectivity index (χ1) is 5.81. The maximum atomic E-state index is 4.13. The van der Waals surface area contributed by atoms with Crippen molar-refractivity contribution in [3.05, 3.63) is 36.7 Å². The van der Waals surface area contributed by atoms with E-state index in [1.54, 1.807) is 17.2 Å². The zero-order valence-corrected chi connectivity index (χ0v) is 7.01. The van der Waals surface area contributed by atoms with E-state index in [2.05, 4.69) is 29.3 Å². The molecule has 12 heavy (non-hydrogen) atoms. The first-order valence-electron chi connectivity index (χ1n) is 4.02. The van der Waals surface area contributed by atoms with Crippen molar-refractivity contribution in [3.8, 4) is 0 Å². The maximum Gasteiger partial charge on any atom is 0.101 e. The lowest BCUT2D eigenvalue weighted by molar-refractivity contribution is 0.326. The number of hydrogen-bond acceptors (Lipinski definition) is 2. The van der Waals surface area contributed by atoms with Gasteiger partial charge in [-0.25, -0.2) is 0 Å². The fourth-order valence-corrected chi connectivity index (χ4v) is 1.34. The van der Waals surface area contributed by atoms with Crippen LogP contribution in [-0.2, 0) is 5.54 Å². The molecule has 0 aromatic carbocycles. The Balaban J connectivity index is 2.34. The van der Waals surface area contributed by atoms with Crippen LogP contribution < -0.4 is 0 Å². The summed E-state index contributed by atoms with van der Waals surface area (Å²) < 4.78 is 0. The third kappa shape index (κ3) is 1.07. The van der Waals surface area contributed by atoms with Gasteiger partial charge in [0.2, 0.25) is 0 Å². The lowest BCUT2D eigenvalue weighted by Gasteiger charge is -2.24. The Morgan fingerprint density at radius 1 is 1.25 bits per heavy atom. The van der Waals surface area contributed by atoms with Crippen LogP contribution >= 0.6 is 0 Å². The van der Waals surface area contributed by atoms with Crippen molar-refractivity contribution in [1.82, 2.24) is 15.0 Å². The fraction of sp³-hybridized carbons (Fsp3) is 0.333. The van der Waals surface area contributed by atoms with E-state index in [0.717, 1.165) is 6.42 Å². The highest BCUT2D eigenvalue weighted by Gasteiger charge is 2.24. The van der Waals surface area contributed by atoms with Crippen molar-refractivity contribution in [2.24, 2.45) is 0 Å². The first kappa shape index (κ1) is 7.28. The third-order valence-corrected chi connectivity index (χ3v) is 2.11. The van der Waals surface area contributed by atoms with Crippen LogP contribution in [0.3, 0.4) is 0 Å². The lowest BCUT2D eigenvalue weighted by Crippen LogP contribution is -2.30. The fourth-order valence-electron chi connectivity index (χ4n) is 1.34. The van der Waals surface area contributed by atoms with Crippen LogP contribution in [0.25, 0.3) is 0 Å². The molecule has 0 radical (unpaired) electrons. The highest BCUT2D eigenvalue weighted by Crippen LogP contribution is 2.23. The van der Waals surface area contributed by atoms with Crippen LogP contribution in [-0.4, -0.2) is 15.0 Å². The molecule has 2 rings (SSSR count). The predicted molar refractivity (Wildman–Crippen MR) is 46.6 cm³/mol. The van der Waals surface area contributed by atoms with Crippen LogP contribution in [0.5, 0.6) is 0 Å². The van der Waals surface area contributed by atoms with Crippen LogP contribution in [0.2, 0.25) is 0 Å². The van der Waals surface area contributed by atoms with Gasteiger partial charge in [-0.1, -0.05) is 24.3 Å². The molecule has 1 atom stereocenters. The van der Waals surface area contributed by atoms with E-state index in [9.17, 15) is 0 Å². The Labute approximate surface area is 71.4 Å². The predicted octanol–water partition coefficient (Wildman–Crippen LogP) is 1.51. The Bertz CT molecular complexity index is 311. The molecule has 0 amide bonds. The summed E-state index contributed by atoms with van der Waals surface area (Å²) in [4.78, 5) is 1.74. The third-order valence-electron chi connectivity index (χ3n) is 2.11. The summed E-state index contributed by atoms with van der Waals surface area (Å²) in [6.07, 6.45) is 12.7. The van der Waals surface area contributed by atoms with E-state index >= 15 is 0 Å². The van der Waals surface area contributed by atoms with Crippen LogP contribution in [0.1, 0.15) is 13.3 Å². The number of allylic oxidation sites excluding steroid dienone is 4. The first-order valence-corrected chi connectivity index (χ1v) is 4.02. The minimum Gasteiger partial charge on any atom is -0.175 e. The zero-order valence-electron chi connectivity index (χ0n) is 7.01. The quantitative estimate of drug-likeness (QED) is 0.625. The molecule has 1 aliphatic rings. The largest absolute Gasteiger partial charge is 0.175 e. The molecular weight excluding hydrogens is 150 g/mol. The molecule has 0 fully saturated rings. The molecule has 0 aliphatic heterocycles. The van der Waals surface area contributed by atoms with Gasteiger partial charge in [-0.3, -0.25) is 0 Å². The van der Waals surface area contributed by atoms with E-state index in [1.807, 2.05) is 12.2 Å². The average Bonchev–Trinajstić information content (AvgIpc) is 2.58. The van der Waals surface area contributed by atoms with E-state index in [0.29, 0.717) is 0 Å². The van der Waals surface area contributed by atoms with Crippen LogP contribution in [0.4, 0.5) is 0 Å². The SMILES string of the molecule is CC1(n2nccn2)C=CC=CC1. The second-order valence-corrected chi connectivity index (χ2v) is 3.17. The van der Waals surface area contributed by atoms with Gasteiger partial charge in [0.25, 0.3) is 0 Å². The normalized spacial score (nSPS) is 27.8. The molecule has 0 bridgehead atoms. The number of hydrogen-bond donors (Lipinski definition) is 0. The molecule has 3 heteroatoms. The highest BCUT2D eigenvalue weighted by atomic mass is 15.5. The number of aromatic nitrogens is 3. The molecule has 1 aliphatic carbocycles. The minimum absolute atomic E-state index is 0.0712. The number of rotatable bonds is 1. The maximum absolute atomic E-state index is 4.13. The molecule has 1 heterocycles. The van der Waals surface area contributed by atoms with Gasteiger partial charge in [0.1, 0.15) is 5.54 Å². The van der Waals surface area contributed by atoms with E-state index < -0.39 is 0 Å².